The number of H-pyrrole nitrogens is 1. The predicted octanol–water partition coefficient (Wildman–Crippen LogP) is 1.89. The van der Waals surface area contributed by atoms with E-state index in [0.29, 0.717) is 29.7 Å². The SMILES string of the molecule is N#CC1=C(C2CCN(C(=N)N)CC2)Nc2[nH]ncc2C1c1cccc2nonc12. The van der Waals surface area contributed by atoms with Gasteiger partial charge in [-0.05, 0) is 34.8 Å². The molecule has 2 aliphatic heterocycles. The van der Waals surface area contributed by atoms with Crippen molar-refractivity contribution in [3.05, 3.63) is 46.8 Å². The van der Waals surface area contributed by atoms with Crippen LogP contribution in [0.15, 0.2) is 40.3 Å². The van der Waals surface area contributed by atoms with Gasteiger partial charge in [-0.3, -0.25) is 10.5 Å². The third kappa shape index (κ3) is 2.70. The van der Waals surface area contributed by atoms with Crippen molar-refractivity contribution in [3.8, 4) is 6.07 Å². The van der Waals surface area contributed by atoms with Crippen LogP contribution in [-0.4, -0.2) is 44.5 Å². The Balaban J connectivity index is 1.61. The van der Waals surface area contributed by atoms with Gasteiger partial charge >= 0.3 is 0 Å². The van der Waals surface area contributed by atoms with Crippen molar-refractivity contribution < 1.29 is 4.63 Å². The van der Waals surface area contributed by atoms with Gasteiger partial charge < -0.3 is 16.0 Å². The lowest BCUT2D eigenvalue weighted by Gasteiger charge is -2.36. The summed E-state index contributed by atoms with van der Waals surface area (Å²) < 4.78 is 4.94. The van der Waals surface area contributed by atoms with E-state index in [1.165, 1.54) is 0 Å². The molecule has 1 aromatic carbocycles. The van der Waals surface area contributed by atoms with Gasteiger partial charge in [0.15, 0.2) is 5.96 Å². The van der Waals surface area contributed by atoms with Gasteiger partial charge in [-0.2, -0.15) is 10.4 Å². The fourth-order valence-corrected chi connectivity index (χ4v) is 4.37. The fraction of sp³-hybridized carbons (Fsp3) is 0.316. The summed E-state index contributed by atoms with van der Waals surface area (Å²) in [5, 5.41) is 36.4. The molecule has 0 spiro atoms. The second-order valence-corrected chi connectivity index (χ2v) is 7.32. The van der Waals surface area contributed by atoms with Crippen LogP contribution in [-0.2, 0) is 0 Å². The molecule has 0 radical (unpaired) electrons. The van der Waals surface area contributed by atoms with Crippen molar-refractivity contribution in [2.75, 3.05) is 18.4 Å². The van der Waals surface area contributed by atoms with Gasteiger partial charge in [0, 0.05) is 30.3 Å². The number of nitrogens with one attached hydrogen (secondary N) is 3. The van der Waals surface area contributed by atoms with E-state index in [4.69, 9.17) is 15.8 Å². The van der Waals surface area contributed by atoms with Crippen molar-refractivity contribution in [1.82, 2.24) is 25.4 Å². The van der Waals surface area contributed by atoms with Crippen LogP contribution in [0, 0.1) is 22.7 Å². The van der Waals surface area contributed by atoms with Crippen LogP contribution >= 0.6 is 0 Å². The number of aromatic nitrogens is 4. The summed E-state index contributed by atoms with van der Waals surface area (Å²) in [6.45, 7) is 1.38. The number of hydrogen-bond acceptors (Lipinski definition) is 7. The zero-order valence-electron chi connectivity index (χ0n) is 15.5. The Morgan fingerprint density at radius 1 is 1.28 bits per heavy atom. The van der Waals surface area contributed by atoms with E-state index in [-0.39, 0.29) is 17.8 Å². The van der Waals surface area contributed by atoms with Crippen LogP contribution < -0.4 is 11.1 Å². The second-order valence-electron chi connectivity index (χ2n) is 7.32. The Bertz CT molecular complexity index is 1160. The van der Waals surface area contributed by atoms with Gasteiger partial charge in [0.2, 0.25) is 0 Å². The summed E-state index contributed by atoms with van der Waals surface area (Å²) in [7, 11) is 0. The summed E-state index contributed by atoms with van der Waals surface area (Å²) in [6, 6.07) is 8.12. The van der Waals surface area contributed by atoms with Crippen molar-refractivity contribution in [2.24, 2.45) is 11.7 Å². The summed E-state index contributed by atoms with van der Waals surface area (Å²) in [5.74, 6) is 0.722. The molecule has 1 atom stereocenters. The van der Waals surface area contributed by atoms with Crippen molar-refractivity contribution in [2.45, 2.75) is 18.8 Å². The molecule has 0 bridgehead atoms. The van der Waals surface area contributed by atoms with E-state index in [9.17, 15) is 5.26 Å². The maximum absolute atomic E-state index is 10.1. The normalized spacial score (nSPS) is 19.7. The topological polar surface area (TPSA) is 157 Å². The number of benzene rings is 1. The monoisotopic (exact) mass is 389 g/mol. The number of rotatable bonds is 2. The molecular formula is C19H19N9O. The van der Waals surface area contributed by atoms with Crippen molar-refractivity contribution in [3.63, 3.8) is 0 Å². The maximum atomic E-state index is 10.1. The van der Waals surface area contributed by atoms with Crippen LogP contribution in [0.4, 0.5) is 5.82 Å². The number of fused-ring (bicyclic) bond motifs is 2. The van der Waals surface area contributed by atoms with E-state index in [1.807, 2.05) is 23.1 Å². The van der Waals surface area contributed by atoms with Crippen LogP contribution in [0.5, 0.6) is 0 Å². The number of nitriles is 1. The Kier molecular flexibility index (Phi) is 3.94. The molecule has 0 saturated carbocycles. The summed E-state index contributed by atoms with van der Waals surface area (Å²) in [5.41, 5.74) is 10.2. The first kappa shape index (κ1) is 17.2. The fourth-order valence-electron chi connectivity index (χ4n) is 4.37. The first-order valence-electron chi connectivity index (χ1n) is 9.42. The highest BCUT2D eigenvalue weighted by Gasteiger charge is 2.36. The molecule has 2 aromatic heterocycles. The number of likely N-dealkylation sites (tertiary alicyclic amines) is 1. The molecule has 1 fully saturated rings. The number of hydrogen-bond donors (Lipinski definition) is 4. The van der Waals surface area contributed by atoms with Crippen LogP contribution in [0.3, 0.4) is 0 Å². The maximum Gasteiger partial charge on any atom is 0.188 e. The van der Waals surface area contributed by atoms with Crippen LogP contribution in [0.25, 0.3) is 11.0 Å². The molecule has 0 amide bonds. The molecule has 1 unspecified atom stereocenters. The minimum atomic E-state index is -0.313. The minimum Gasteiger partial charge on any atom is -0.370 e. The van der Waals surface area contributed by atoms with Crippen LogP contribution in [0.2, 0.25) is 0 Å². The predicted molar refractivity (Wildman–Crippen MR) is 105 cm³/mol. The lowest BCUT2D eigenvalue weighted by Crippen LogP contribution is -2.43. The quantitative estimate of drug-likeness (QED) is 0.382. The standard InChI is InChI=1S/C19H19N9O/c20-8-12-15(11-2-1-3-14-17(11)27-29-26-14)13-9-23-25-18(13)24-16(12)10-4-6-28(7-5-10)19(21)22/h1-3,9-10,15H,4-7H2,(H3,21,22)(H2,23,24,25). The zero-order valence-corrected chi connectivity index (χ0v) is 15.5. The molecule has 1 saturated heterocycles. The zero-order chi connectivity index (χ0) is 20.0. The lowest BCUT2D eigenvalue weighted by molar-refractivity contribution is 0.286. The van der Waals surface area contributed by atoms with Crippen molar-refractivity contribution in [1.29, 1.82) is 10.7 Å². The molecule has 29 heavy (non-hydrogen) atoms. The molecular weight excluding hydrogens is 370 g/mol. The minimum absolute atomic E-state index is 0.0912. The van der Waals surface area contributed by atoms with Crippen molar-refractivity contribution >= 4 is 22.8 Å². The number of nitrogens with zero attached hydrogens (tertiary/aromatic N) is 5. The number of piperidine rings is 1. The average molecular weight is 389 g/mol. The Labute approximate surface area is 165 Å². The van der Waals surface area contributed by atoms with Gasteiger partial charge in [0.25, 0.3) is 0 Å². The van der Waals surface area contributed by atoms with Gasteiger partial charge in [0.05, 0.1) is 23.8 Å². The Morgan fingerprint density at radius 3 is 2.86 bits per heavy atom. The Morgan fingerprint density at radius 2 is 2.10 bits per heavy atom. The molecule has 2 aliphatic rings. The number of nitrogens with two attached hydrogens (primary N) is 1. The third-order valence-electron chi connectivity index (χ3n) is 5.81. The van der Waals surface area contributed by atoms with Crippen LogP contribution in [0.1, 0.15) is 29.9 Å². The van der Waals surface area contributed by atoms with Gasteiger partial charge in [0.1, 0.15) is 16.9 Å². The second kappa shape index (κ2) is 6.63. The van der Waals surface area contributed by atoms with Gasteiger partial charge in [-0.25, -0.2) is 4.63 Å². The molecule has 10 heteroatoms. The summed E-state index contributed by atoms with van der Waals surface area (Å²) in [6.07, 6.45) is 3.35. The first-order chi connectivity index (χ1) is 14.2. The molecule has 5 rings (SSSR count). The highest BCUT2D eigenvalue weighted by molar-refractivity contribution is 5.81. The van der Waals surface area contributed by atoms with Gasteiger partial charge in [-0.1, -0.05) is 12.1 Å². The number of aromatic amines is 1. The number of guanidine groups is 1. The molecule has 10 nitrogen and oxygen atoms in total. The highest BCUT2D eigenvalue weighted by Crippen LogP contribution is 2.45. The summed E-state index contributed by atoms with van der Waals surface area (Å²) in [4.78, 5) is 1.85. The smallest absolute Gasteiger partial charge is 0.188 e. The van der Waals surface area contributed by atoms with E-state index >= 15 is 0 Å². The van der Waals surface area contributed by atoms with E-state index in [2.05, 4.69) is 31.9 Å². The number of anilines is 1. The molecule has 4 heterocycles. The summed E-state index contributed by atoms with van der Waals surface area (Å²) >= 11 is 0. The van der Waals surface area contributed by atoms with E-state index < -0.39 is 0 Å². The average Bonchev–Trinajstić information content (AvgIpc) is 3.41. The lowest BCUT2D eigenvalue weighted by atomic mass is 9.78. The largest absolute Gasteiger partial charge is 0.370 e. The number of allylic oxidation sites excluding steroid dienone is 2. The Hall–Kier alpha value is -3.87. The molecule has 5 N–H and O–H groups in total. The molecule has 3 aromatic rings. The van der Waals surface area contributed by atoms with E-state index in [1.54, 1.807) is 6.20 Å². The molecule has 146 valence electrons. The highest BCUT2D eigenvalue weighted by atomic mass is 16.6. The third-order valence-corrected chi connectivity index (χ3v) is 5.81. The molecule has 0 aliphatic carbocycles. The van der Waals surface area contributed by atoms with Gasteiger partial charge in [-0.15, -0.1) is 0 Å². The van der Waals surface area contributed by atoms with E-state index in [0.717, 1.165) is 35.5 Å². The first-order valence-corrected chi connectivity index (χ1v) is 9.42.